The molecule has 5 aromatic carbocycles. The largest absolute Gasteiger partial charge is 0.343 e. The fourth-order valence-electron chi connectivity index (χ4n) is 5.45. The molecule has 2 nitrogen and oxygen atoms in total. The van der Waals surface area contributed by atoms with Crippen molar-refractivity contribution in [3.8, 4) is 5.69 Å². The first-order valence-electron chi connectivity index (χ1n) is 10.7. The van der Waals surface area contributed by atoms with Gasteiger partial charge in [0.15, 0.2) is 0 Å². The highest BCUT2D eigenvalue weighted by atomic mass is 15.0. The number of aryl methyl sites for hydroxylation is 1. The Morgan fingerprint density at radius 1 is 0.452 bits per heavy atom. The Morgan fingerprint density at radius 2 is 0.935 bits per heavy atom. The molecule has 7 aromatic rings. The Morgan fingerprint density at radius 3 is 1.65 bits per heavy atom. The average molecular weight is 396 g/mol. The molecule has 2 heterocycles. The minimum atomic E-state index is 1.19. The highest BCUT2D eigenvalue weighted by Crippen LogP contribution is 2.45. The van der Waals surface area contributed by atoms with Crippen molar-refractivity contribution in [1.29, 1.82) is 0 Å². The van der Waals surface area contributed by atoms with Crippen LogP contribution in [0.15, 0.2) is 103 Å². The lowest BCUT2D eigenvalue weighted by molar-refractivity contribution is 1.02. The fraction of sp³-hybridized carbons (Fsp3) is 0.0345. The van der Waals surface area contributed by atoms with Gasteiger partial charge in [0, 0.05) is 50.6 Å². The van der Waals surface area contributed by atoms with Gasteiger partial charge in [-0.05, 0) is 24.3 Å². The van der Waals surface area contributed by atoms with Gasteiger partial charge in [0.1, 0.15) is 0 Å². The molecule has 0 saturated carbocycles. The predicted octanol–water partition coefficient (Wildman–Crippen LogP) is 7.58. The van der Waals surface area contributed by atoms with Crippen LogP contribution in [0.3, 0.4) is 0 Å². The lowest BCUT2D eigenvalue weighted by Crippen LogP contribution is -1.95. The summed E-state index contributed by atoms with van der Waals surface area (Å²) >= 11 is 0. The Hall–Kier alpha value is -4.04. The van der Waals surface area contributed by atoms with Crippen LogP contribution in [0.1, 0.15) is 0 Å². The summed E-state index contributed by atoms with van der Waals surface area (Å²) in [5.41, 5.74) is 6.30. The van der Waals surface area contributed by atoms with Crippen molar-refractivity contribution in [1.82, 2.24) is 9.13 Å². The number of para-hydroxylation sites is 3. The third-order valence-electron chi connectivity index (χ3n) is 6.68. The van der Waals surface area contributed by atoms with E-state index in [1.807, 2.05) is 0 Å². The summed E-state index contributed by atoms with van der Waals surface area (Å²) in [5.74, 6) is 0. The second-order valence-corrected chi connectivity index (χ2v) is 8.26. The highest BCUT2D eigenvalue weighted by Gasteiger charge is 2.22. The molecule has 0 radical (unpaired) electrons. The van der Waals surface area contributed by atoms with E-state index in [-0.39, 0.29) is 0 Å². The number of hydrogen-bond acceptors (Lipinski definition) is 0. The molecule has 0 amide bonds. The molecule has 2 heteroatoms. The average Bonchev–Trinajstić information content (AvgIpc) is 3.33. The molecule has 7 rings (SSSR count). The van der Waals surface area contributed by atoms with Gasteiger partial charge in [0.2, 0.25) is 0 Å². The van der Waals surface area contributed by atoms with Crippen molar-refractivity contribution in [3.63, 3.8) is 0 Å². The first-order valence-corrected chi connectivity index (χ1v) is 10.7. The van der Waals surface area contributed by atoms with Gasteiger partial charge in [0.25, 0.3) is 0 Å². The summed E-state index contributed by atoms with van der Waals surface area (Å²) in [4.78, 5) is 0. The minimum absolute atomic E-state index is 1.19. The SMILES string of the molecule is Cn1c2ccccc2c2c3c4ccccc4n(-c4ccccc4)c3c3ccccc3c21. The van der Waals surface area contributed by atoms with E-state index < -0.39 is 0 Å². The number of fused-ring (bicyclic) bond motifs is 10. The highest BCUT2D eigenvalue weighted by molar-refractivity contribution is 6.37. The van der Waals surface area contributed by atoms with Gasteiger partial charge >= 0.3 is 0 Å². The van der Waals surface area contributed by atoms with Crippen LogP contribution >= 0.6 is 0 Å². The van der Waals surface area contributed by atoms with Crippen molar-refractivity contribution >= 4 is 54.4 Å². The summed E-state index contributed by atoms with van der Waals surface area (Å²) in [6, 6.07) is 37.2. The molecule has 146 valence electrons. The van der Waals surface area contributed by atoms with Gasteiger partial charge in [-0.3, -0.25) is 0 Å². The molecular weight excluding hydrogens is 376 g/mol. The van der Waals surface area contributed by atoms with Crippen LogP contribution in [-0.2, 0) is 7.05 Å². The van der Waals surface area contributed by atoms with Crippen molar-refractivity contribution in [2.45, 2.75) is 0 Å². The smallest absolute Gasteiger partial charge is 0.0627 e. The lowest BCUT2D eigenvalue weighted by atomic mass is 9.99. The zero-order valence-corrected chi connectivity index (χ0v) is 17.2. The maximum Gasteiger partial charge on any atom is 0.0627 e. The van der Waals surface area contributed by atoms with E-state index in [1.165, 1.54) is 60.1 Å². The molecule has 0 aliphatic rings. The van der Waals surface area contributed by atoms with Crippen LogP contribution in [-0.4, -0.2) is 9.13 Å². The molecule has 0 atom stereocenters. The number of nitrogens with zero attached hydrogens (tertiary/aromatic N) is 2. The van der Waals surface area contributed by atoms with Crippen LogP contribution in [0.25, 0.3) is 60.1 Å². The van der Waals surface area contributed by atoms with Gasteiger partial charge < -0.3 is 9.13 Å². The maximum atomic E-state index is 2.44. The lowest BCUT2D eigenvalue weighted by Gasteiger charge is -2.11. The van der Waals surface area contributed by atoms with Gasteiger partial charge in [-0.1, -0.05) is 78.9 Å². The summed E-state index contributed by atoms with van der Waals surface area (Å²) in [7, 11) is 2.19. The summed E-state index contributed by atoms with van der Waals surface area (Å²) < 4.78 is 4.80. The normalized spacial score (nSPS) is 12.0. The number of hydrogen-bond donors (Lipinski definition) is 0. The molecular formula is C29H20N2. The number of rotatable bonds is 1. The fourth-order valence-corrected chi connectivity index (χ4v) is 5.45. The van der Waals surface area contributed by atoms with E-state index >= 15 is 0 Å². The molecule has 0 fully saturated rings. The van der Waals surface area contributed by atoms with E-state index in [2.05, 4.69) is 119 Å². The van der Waals surface area contributed by atoms with Crippen molar-refractivity contribution in [3.05, 3.63) is 103 Å². The van der Waals surface area contributed by atoms with Crippen LogP contribution in [0, 0.1) is 0 Å². The van der Waals surface area contributed by atoms with E-state index in [0.717, 1.165) is 0 Å². The molecule has 0 N–H and O–H groups in total. The molecule has 0 spiro atoms. The zero-order chi connectivity index (χ0) is 20.5. The van der Waals surface area contributed by atoms with Crippen LogP contribution < -0.4 is 0 Å². The molecule has 0 bridgehead atoms. The van der Waals surface area contributed by atoms with Gasteiger partial charge in [-0.15, -0.1) is 0 Å². The monoisotopic (exact) mass is 396 g/mol. The number of aromatic nitrogens is 2. The third kappa shape index (κ3) is 2.06. The third-order valence-corrected chi connectivity index (χ3v) is 6.68. The van der Waals surface area contributed by atoms with Crippen molar-refractivity contribution < 1.29 is 0 Å². The second-order valence-electron chi connectivity index (χ2n) is 8.26. The van der Waals surface area contributed by atoms with Crippen LogP contribution in [0.5, 0.6) is 0 Å². The van der Waals surface area contributed by atoms with E-state index in [9.17, 15) is 0 Å². The quantitative estimate of drug-likeness (QED) is 0.271. The van der Waals surface area contributed by atoms with E-state index in [4.69, 9.17) is 0 Å². The topological polar surface area (TPSA) is 9.86 Å². The maximum absolute atomic E-state index is 2.44. The first kappa shape index (κ1) is 16.7. The Labute approximate surface area is 179 Å². The molecule has 0 aliphatic carbocycles. The molecule has 0 saturated heterocycles. The van der Waals surface area contributed by atoms with Gasteiger partial charge in [0.05, 0.1) is 16.6 Å². The number of benzene rings is 5. The van der Waals surface area contributed by atoms with Gasteiger partial charge in [-0.2, -0.15) is 0 Å². The second kappa shape index (κ2) is 5.99. The molecule has 2 aromatic heterocycles. The van der Waals surface area contributed by atoms with E-state index in [0.29, 0.717) is 0 Å². The Bertz CT molecular complexity index is 1780. The summed E-state index contributed by atoms with van der Waals surface area (Å²) in [6.45, 7) is 0. The van der Waals surface area contributed by atoms with Gasteiger partial charge in [-0.25, -0.2) is 0 Å². The standard InChI is InChI=1S/C29H20N2/c1-30-24-17-9-7-15-22(24)26-27-23-16-8-10-18-25(23)31(19-11-3-2-4-12-19)29(27)21-14-6-5-13-20(21)28(26)30/h2-18H,1H3. The van der Waals surface area contributed by atoms with Crippen LogP contribution in [0.4, 0.5) is 0 Å². The predicted molar refractivity (Wildman–Crippen MR) is 132 cm³/mol. The summed E-state index contributed by atoms with van der Waals surface area (Å²) in [6.07, 6.45) is 0. The van der Waals surface area contributed by atoms with Crippen molar-refractivity contribution in [2.75, 3.05) is 0 Å². The van der Waals surface area contributed by atoms with Crippen LogP contribution in [0.2, 0.25) is 0 Å². The molecule has 31 heavy (non-hydrogen) atoms. The molecule has 0 unspecified atom stereocenters. The first-order chi connectivity index (χ1) is 15.3. The molecule has 0 aliphatic heterocycles. The Balaban J connectivity index is 1.92. The van der Waals surface area contributed by atoms with E-state index in [1.54, 1.807) is 0 Å². The van der Waals surface area contributed by atoms with Crippen molar-refractivity contribution in [2.24, 2.45) is 7.05 Å². The zero-order valence-electron chi connectivity index (χ0n) is 17.2. The summed E-state index contributed by atoms with van der Waals surface area (Å²) in [5, 5.41) is 7.88. The minimum Gasteiger partial charge on any atom is -0.343 e. The Kier molecular flexibility index (Phi) is 3.23.